The first-order valence-corrected chi connectivity index (χ1v) is 15.3. The van der Waals surface area contributed by atoms with E-state index in [1.807, 2.05) is 6.92 Å². The van der Waals surface area contributed by atoms with Gasteiger partial charge in [0.1, 0.15) is 23.7 Å². The Balaban J connectivity index is 2.25. The highest BCUT2D eigenvalue weighted by Gasteiger charge is 2.45. The maximum atomic E-state index is 14.0. The summed E-state index contributed by atoms with van der Waals surface area (Å²) >= 11 is 0. The predicted octanol–water partition coefficient (Wildman–Crippen LogP) is 2.42. The fourth-order valence-corrected chi connectivity index (χ4v) is 5.38. The summed E-state index contributed by atoms with van der Waals surface area (Å²) in [5.74, 6) is -3.36. The van der Waals surface area contributed by atoms with E-state index < -0.39 is 76.1 Å². The molecule has 1 aliphatic heterocycles. The van der Waals surface area contributed by atoms with Gasteiger partial charge in [0.15, 0.2) is 0 Å². The number of rotatable bonds is 10. The highest BCUT2D eigenvalue weighted by Crippen LogP contribution is 2.32. The quantitative estimate of drug-likeness (QED) is 0.218. The van der Waals surface area contributed by atoms with Crippen molar-refractivity contribution in [2.45, 2.75) is 131 Å². The van der Waals surface area contributed by atoms with E-state index in [0.717, 1.165) is 19.3 Å². The molecule has 1 unspecified atom stereocenters. The van der Waals surface area contributed by atoms with Crippen molar-refractivity contribution in [1.82, 2.24) is 20.9 Å². The molecule has 2 fully saturated rings. The van der Waals surface area contributed by atoms with Crippen LogP contribution in [0.3, 0.4) is 0 Å². The predicted molar refractivity (Wildman–Crippen MR) is 161 cm³/mol. The Hall–Kier alpha value is -3.18. The van der Waals surface area contributed by atoms with Crippen molar-refractivity contribution in [2.24, 2.45) is 28.4 Å². The topological polar surface area (TPSA) is 177 Å². The molecule has 2 rings (SSSR count). The number of ether oxygens (including phenoxy) is 1. The molecule has 5 N–H and O–H groups in total. The summed E-state index contributed by atoms with van der Waals surface area (Å²) in [4.78, 5) is 79.4. The van der Waals surface area contributed by atoms with Crippen LogP contribution in [0.1, 0.15) is 101 Å². The van der Waals surface area contributed by atoms with Crippen LogP contribution in [-0.4, -0.2) is 76.7 Å². The molecule has 1 saturated heterocycles. The Morgan fingerprint density at radius 3 is 1.84 bits per heavy atom. The van der Waals surface area contributed by atoms with Gasteiger partial charge in [-0.3, -0.25) is 19.2 Å². The lowest BCUT2D eigenvalue weighted by Gasteiger charge is -2.37. The molecule has 0 aromatic heterocycles. The van der Waals surface area contributed by atoms with Gasteiger partial charge >= 0.3 is 12.0 Å². The minimum absolute atomic E-state index is 0.0245. The summed E-state index contributed by atoms with van der Waals surface area (Å²) in [7, 11) is 0. The van der Waals surface area contributed by atoms with Crippen LogP contribution in [0.2, 0.25) is 0 Å². The number of hydrogen-bond acceptors (Lipinski definition) is 7. The van der Waals surface area contributed by atoms with Gasteiger partial charge in [-0.15, -0.1) is 0 Å². The maximum absolute atomic E-state index is 14.0. The number of carbonyl (C=O) groups excluding carboxylic acids is 6. The summed E-state index contributed by atoms with van der Waals surface area (Å²) in [5, 5.41) is 8.14. The van der Waals surface area contributed by atoms with E-state index in [9.17, 15) is 28.8 Å². The summed E-state index contributed by atoms with van der Waals surface area (Å²) in [5.41, 5.74) is 3.05. The summed E-state index contributed by atoms with van der Waals surface area (Å²) in [6.45, 7) is 18.2. The molecular weight excluding hydrogens is 554 g/mol. The molecule has 0 spiro atoms. The molecule has 5 amide bonds. The smallest absolute Gasteiger partial charge is 0.329 e. The molecule has 2 aliphatic rings. The Bertz CT molecular complexity index is 1080. The first-order valence-electron chi connectivity index (χ1n) is 15.3. The largest absolute Gasteiger partial charge is 0.458 e. The van der Waals surface area contributed by atoms with Crippen molar-refractivity contribution in [2.75, 3.05) is 6.54 Å². The molecule has 1 saturated carbocycles. The van der Waals surface area contributed by atoms with Gasteiger partial charge in [0.25, 0.3) is 5.91 Å². The number of nitrogens with one attached hydrogen (secondary N) is 3. The number of hydrogen-bond donors (Lipinski definition) is 4. The second kappa shape index (κ2) is 13.6. The fourth-order valence-electron chi connectivity index (χ4n) is 5.38. The monoisotopic (exact) mass is 607 g/mol. The van der Waals surface area contributed by atoms with Crippen LogP contribution >= 0.6 is 0 Å². The number of urea groups is 1. The SMILES string of the molecule is C[C@@H]1C[C@@H](C(=O)NC(CC2CCC2)C(=O)C(N)=O)N(C(=O)[C@@H](NC(=O)N[C@@H](C(=O)OC(C)(C)C)C(C)(C)C)C(C)(C)C)C1. The zero-order chi connectivity index (χ0) is 33.1. The number of carbonyl (C=O) groups is 6. The number of amides is 5. The number of nitrogens with two attached hydrogens (primary N) is 1. The molecule has 43 heavy (non-hydrogen) atoms. The van der Waals surface area contributed by atoms with E-state index in [2.05, 4.69) is 16.0 Å². The minimum Gasteiger partial charge on any atom is -0.458 e. The fraction of sp³-hybridized carbons (Fsp3) is 0.806. The number of Topliss-reactive ketones (excluding diaryl/α,β-unsaturated/α-hetero) is 1. The van der Waals surface area contributed by atoms with Crippen LogP contribution in [0, 0.1) is 22.7 Å². The molecule has 12 nitrogen and oxygen atoms in total. The van der Waals surface area contributed by atoms with E-state index in [1.165, 1.54) is 4.90 Å². The van der Waals surface area contributed by atoms with Gasteiger partial charge in [-0.25, -0.2) is 9.59 Å². The molecule has 1 aliphatic carbocycles. The summed E-state index contributed by atoms with van der Waals surface area (Å²) in [6, 6.07) is -4.72. The Morgan fingerprint density at radius 1 is 0.860 bits per heavy atom. The van der Waals surface area contributed by atoms with Crippen LogP contribution in [0.5, 0.6) is 0 Å². The zero-order valence-corrected chi connectivity index (χ0v) is 27.6. The van der Waals surface area contributed by atoms with Crippen molar-refractivity contribution in [3.63, 3.8) is 0 Å². The molecule has 0 radical (unpaired) electrons. The molecular formula is C31H53N5O7. The molecule has 5 atom stereocenters. The molecule has 1 heterocycles. The van der Waals surface area contributed by atoms with Gasteiger partial charge in [-0.2, -0.15) is 0 Å². The Labute approximate surface area is 256 Å². The second-order valence-corrected chi connectivity index (χ2v) is 15.4. The highest BCUT2D eigenvalue weighted by molar-refractivity contribution is 6.37. The third-order valence-electron chi connectivity index (χ3n) is 7.94. The third kappa shape index (κ3) is 10.2. The lowest BCUT2D eigenvalue weighted by Crippen LogP contribution is -2.62. The Morgan fingerprint density at radius 2 is 1.40 bits per heavy atom. The zero-order valence-electron chi connectivity index (χ0n) is 27.6. The standard InChI is InChI=1S/C31H53N5O7/c1-17-14-20(25(39)33-19(21(37)24(32)38)15-18-12-11-13-18)36(16-17)26(40)22(29(2,3)4)34-28(42)35-23(30(5,6)7)27(41)43-31(8,9)10/h17-20,22-23H,11-16H2,1-10H3,(H2,32,38)(H,33,39)(H2,34,35,42)/t17-,19?,20+,22-,23+/m1/s1. The van der Waals surface area contributed by atoms with Crippen LogP contribution < -0.4 is 21.7 Å². The molecule has 12 heteroatoms. The van der Waals surface area contributed by atoms with E-state index in [0.29, 0.717) is 12.8 Å². The number of primary amides is 1. The first kappa shape index (κ1) is 36.0. The van der Waals surface area contributed by atoms with E-state index in [-0.39, 0.29) is 18.4 Å². The van der Waals surface area contributed by atoms with Gasteiger partial charge in [-0.1, -0.05) is 67.7 Å². The van der Waals surface area contributed by atoms with Crippen molar-refractivity contribution in [3.8, 4) is 0 Å². The molecule has 0 aromatic carbocycles. The number of ketones is 1. The Kier molecular flexibility index (Phi) is 11.4. The number of nitrogens with zero attached hydrogens (tertiary/aromatic N) is 1. The van der Waals surface area contributed by atoms with Gasteiger partial charge in [0.05, 0.1) is 6.04 Å². The van der Waals surface area contributed by atoms with Crippen molar-refractivity contribution in [1.29, 1.82) is 0 Å². The van der Waals surface area contributed by atoms with Gasteiger partial charge in [0, 0.05) is 6.54 Å². The summed E-state index contributed by atoms with van der Waals surface area (Å²) in [6.07, 6.45) is 3.53. The van der Waals surface area contributed by atoms with Gasteiger partial charge in [0.2, 0.25) is 17.6 Å². The third-order valence-corrected chi connectivity index (χ3v) is 7.94. The van der Waals surface area contributed by atoms with Crippen LogP contribution in [0.15, 0.2) is 0 Å². The van der Waals surface area contributed by atoms with Crippen molar-refractivity contribution < 1.29 is 33.5 Å². The lowest BCUT2D eigenvalue weighted by molar-refractivity contribution is -0.160. The highest BCUT2D eigenvalue weighted by atomic mass is 16.6. The molecule has 0 bridgehead atoms. The normalized spacial score (nSPS) is 21.6. The minimum atomic E-state index is -1.11. The second-order valence-electron chi connectivity index (χ2n) is 15.4. The van der Waals surface area contributed by atoms with Gasteiger partial charge in [-0.05, 0) is 56.3 Å². The van der Waals surface area contributed by atoms with Gasteiger partial charge < -0.3 is 31.3 Å². The van der Waals surface area contributed by atoms with Crippen LogP contribution in [0.25, 0.3) is 0 Å². The average molecular weight is 608 g/mol. The number of esters is 1. The average Bonchev–Trinajstić information content (AvgIpc) is 3.20. The molecule has 244 valence electrons. The van der Waals surface area contributed by atoms with Crippen molar-refractivity contribution in [3.05, 3.63) is 0 Å². The van der Waals surface area contributed by atoms with Crippen LogP contribution in [0.4, 0.5) is 4.79 Å². The number of likely N-dealkylation sites (tertiary alicyclic amines) is 1. The summed E-state index contributed by atoms with van der Waals surface area (Å²) < 4.78 is 5.52. The van der Waals surface area contributed by atoms with Crippen LogP contribution in [-0.2, 0) is 28.7 Å². The van der Waals surface area contributed by atoms with Crippen molar-refractivity contribution >= 4 is 35.5 Å². The van der Waals surface area contributed by atoms with E-state index in [4.69, 9.17) is 10.5 Å². The lowest BCUT2D eigenvalue weighted by atomic mass is 9.80. The molecule has 0 aromatic rings. The first-order chi connectivity index (χ1) is 19.5. The van der Waals surface area contributed by atoms with E-state index in [1.54, 1.807) is 62.3 Å². The maximum Gasteiger partial charge on any atom is 0.329 e. The van der Waals surface area contributed by atoms with E-state index >= 15 is 0 Å².